The molecular formula is C16H28N2O2. The molecule has 4 heteroatoms. The van der Waals surface area contributed by atoms with Crippen LogP contribution < -0.4 is 15.8 Å². The van der Waals surface area contributed by atoms with Crippen LogP contribution in [0.1, 0.15) is 25.8 Å². The predicted molar refractivity (Wildman–Crippen MR) is 83.2 cm³/mol. The second kappa shape index (κ2) is 8.25. The van der Waals surface area contributed by atoms with Crippen LogP contribution in [-0.2, 0) is 11.2 Å². The van der Waals surface area contributed by atoms with Crippen molar-refractivity contribution in [3.05, 3.63) is 29.8 Å². The van der Waals surface area contributed by atoms with Crippen LogP contribution in [0.2, 0.25) is 0 Å². The van der Waals surface area contributed by atoms with Gasteiger partial charge in [-0.15, -0.1) is 0 Å². The van der Waals surface area contributed by atoms with Crippen LogP contribution in [0.4, 0.5) is 0 Å². The summed E-state index contributed by atoms with van der Waals surface area (Å²) in [6.45, 7) is 5.64. The van der Waals surface area contributed by atoms with Gasteiger partial charge in [0.1, 0.15) is 5.75 Å². The highest BCUT2D eigenvalue weighted by Gasteiger charge is 2.22. The maximum Gasteiger partial charge on any atom is 0.118 e. The Hall–Kier alpha value is -1.10. The number of hydrogen-bond donors (Lipinski definition) is 2. The van der Waals surface area contributed by atoms with Gasteiger partial charge in [-0.2, -0.15) is 0 Å². The molecule has 3 N–H and O–H groups in total. The van der Waals surface area contributed by atoms with E-state index in [1.807, 2.05) is 19.1 Å². The van der Waals surface area contributed by atoms with Gasteiger partial charge in [-0.25, -0.2) is 0 Å². The van der Waals surface area contributed by atoms with Crippen molar-refractivity contribution in [2.45, 2.75) is 38.3 Å². The molecule has 0 aliphatic rings. The summed E-state index contributed by atoms with van der Waals surface area (Å²) in [4.78, 5) is 0. The number of benzene rings is 1. The third-order valence-corrected chi connectivity index (χ3v) is 3.79. The van der Waals surface area contributed by atoms with Crippen LogP contribution in [0, 0.1) is 0 Å². The number of nitrogens with two attached hydrogens (primary N) is 1. The van der Waals surface area contributed by atoms with E-state index in [1.165, 1.54) is 5.56 Å². The van der Waals surface area contributed by atoms with Gasteiger partial charge in [-0.3, -0.25) is 0 Å². The second-order valence-corrected chi connectivity index (χ2v) is 5.54. The Morgan fingerprint density at radius 1 is 1.25 bits per heavy atom. The summed E-state index contributed by atoms with van der Waals surface area (Å²) in [5.74, 6) is 0.891. The summed E-state index contributed by atoms with van der Waals surface area (Å²) in [5.41, 5.74) is 7.16. The Morgan fingerprint density at radius 2 is 1.90 bits per heavy atom. The van der Waals surface area contributed by atoms with Crippen molar-refractivity contribution < 1.29 is 9.47 Å². The van der Waals surface area contributed by atoms with Crippen molar-refractivity contribution in [1.82, 2.24) is 5.32 Å². The highest BCUT2D eigenvalue weighted by atomic mass is 16.5. The van der Waals surface area contributed by atoms with Crippen LogP contribution in [0.3, 0.4) is 0 Å². The van der Waals surface area contributed by atoms with E-state index in [1.54, 1.807) is 14.2 Å². The van der Waals surface area contributed by atoms with Crippen molar-refractivity contribution in [2.24, 2.45) is 5.73 Å². The number of nitrogens with one attached hydrogen (secondary N) is 1. The first-order valence-corrected chi connectivity index (χ1v) is 7.14. The van der Waals surface area contributed by atoms with Gasteiger partial charge in [0.15, 0.2) is 0 Å². The maximum atomic E-state index is 5.92. The molecule has 2 atom stereocenters. The van der Waals surface area contributed by atoms with Gasteiger partial charge >= 0.3 is 0 Å². The van der Waals surface area contributed by atoms with Crippen molar-refractivity contribution in [2.75, 3.05) is 27.3 Å². The van der Waals surface area contributed by atoms with Gasteiger partial charge < -0.3 is 20.5 Å². The smallest absolute Gasteiger partial charge is 0.118 e. The molecule has 0 saturated carbocycles. The van der Waals surface area contributed by atoms with Crippen LogP contribution in [0.15, 0.2) is 24.3 Å². The molecule has 0 bridgehead atoms. The van der Waals surface area contributed by atoms with E-state index in [-0.39, 0.29) is 11.6 Å². The van der Waals surface area contributed by atoms with E-state index in [0.29, 0.717) is 6.54 Å². The number of methoxy groups -OCH3 is 2. The summed E-state index contributed by atoms with van der Waals surface area (Å²) in [6, 6.07) is 8.20. The third kappa shape index (κ3) is 5.49. The number of ether oxygens (including phenoxy) is 2. The average Bonchev–Trinajstić information content (AvgIpc) is 2.51. The van der Waals surface area contributed by atoms with Crippen LogP contribution in [0.25, 0.3) is 0 Å². The normalized spacial score (nSPS) is 15.7. The molecule has 2 unspecified atom stereocenters. The molecule has 1 rings (SSSR count). The van der Waals surface area contributed by atoms with Crippen LogP contribution in [0.5, 0.6) is 5.75 Å². The average molecular weight is 280 g/mol. The first-order valence-electron chi connectivity index (χ1n) is 7.14. The zero-order chi connectivity index (χ0) is 15.0. The molecule has 0 heterocycles. The van der Waals surface area contributed by atoms with Gasteiger partial charge in [-0.1, -0.05) is 12.1 Å². The SMILES string of the molecule is COc1ccc(CCC(C)(CN)NCC(C)OC)cc1. The molecule has 114 valence electrons. The van der Waals surface area contributed by atoms with E-state index in [9.17, 15) is 0 Å². The monoisotopic (exact) mass is 280 g/mol. The molecule has 0 aliphatic carbocycles. The van der Waals surface area contributed by atoms with Crippen molar-refractivity contribution in [3.63, 3.8) is 0 Å². The quantitative estimate of drug-likeness (QED) is 0.726. The van der Waals surface area contributed by atoms with Crippen molar-refractivity contribution in [3.8, 4) is 5.75 Å². The Kier molecular flexibility index (Phi) is 6.99. The zero-order valence-corrected chi connectivity index (χ0v) is 13.1. The van der Waals surface area contributed by atoms with Gasteiger partial charge in [0, 0.05) is 25.7 Å². The molecule has 0 aromatic heterocycles. The lowest BCUT2D eigenvalue weighted by Crippen LogP contribution is -2.51. The van der Waals surface area contributed by atoms with Gasteiger partial charge in [0.05, 0.1) is 13.2 Å². The molecule has 20 heavy (non-hydrogen) atoms. The Bertz CT molecular complexity index is 381. The first kappa shape index (κ1) is 17.0. The van der Waals surface area contributed by atoms with Crippen LogP contribution >= 0.6 is 0 Å². The van der Waals surface area contributed by atoms with Gasteiger partial charge in [0.2, 0.25) is 0 Å². The van der Waals surface area contributed by atoms with Crippen molar-refractivity contribution >= 4 is 0 Å². The Labute approximate surface area is 122 Å². The standard InChI is InChI=1S/C16H28N2O2/c1-13(19-3)11-18-16(2,12-17)10-9-14-5-7-15(20-4)8-6-14/h5-8,13,18H,9-12,17H2,1-4H3. The zero-order valence-electron chi connectivity index (χ0n) is 13.1. The molecule has 0 amide bonds. The lowest BCUT2D eigenvalue weighted by atomic mass is 9.93. The fourth-order valence-corrected chi connectivity index (χ4v) is 1.95. The van der Waals surface area contributed by atoms with E-state index >= 15 is 0 Å². The molecule has 0 saturated heterocycles. The highest BCUT2D eigenvalue weighted by Crippen LogP contribution is 2.16. The predicted octanol–water partition coefficient (Wildman–Crippen LogP) is 1.97. The topological polar surface area (TPSA) is 56.5 Å². The van der Waals surface area contributed by atoms with Gasteiger partial charge in [0.25, 0.3) is 0 Å². The largest absolute Gasteiger partial charge is 0.497 e. The number of aryl methyl sites for hydroxylation is 1. The molecule has 0 aliphatic heterocycles. The summed E-state index contributed by atoms with van der Waals surface area (Å²) < 4.78 is 10.4. The molecule has 0 spiro atoms. The Balaban J connectivity index is 2.49. The summed E-state index contributed by atoms with van der Waals surface area (Å²) in [7, 11) is 3.41. The fraction of sp³-hybridized carbons (Fsp3) is 0.625. The van der Waals surface area contributed by atoms with Crippen molar-refractivity contribution in [1.29, 1.82) is 0 Å². The summed E-state index contributed by atoms with van der Waals surface area (Å²) >= 11 is 0. The number of hydrogen-bond acceptors (Lipinski definition) is 4. The van der Waals surface area contributed by atoms with Crippen LogP contribution in [-0.4, -0.2) is 39.0 Å². The lowest BCUT2D eigenvalue weighted by Gasteiger charge is -2.31. The molecule has 4 nitrogen and oxygen atoms in total. The molecule has 1 aromatic carbocycles. The van der Waals surface area contributed by atoms with E-state index in [2.05, 4.69) is 24.4 Å². The first-order chi connectivity index (χ1) is 9.53. The minimum Gasteiger partial charge on any atom is -0.497 e. The molecule has 0 radical (unpaired) electrons. The summed E-state index contributed by atoms with van der Waals surface area (Å²) in [5, 5.41) is 3.51. The fourth-order valence-electron chi connectivity index (χ4n) is 1.95. The second-order valence-electron chi connectivity index (χ2n) is 5.54. The molecular weight excluding hydrogens is 252 g/mol. The lowest BCUT2D eigenvalue weighted by molar-refractivity contribution is 0.107. The highest BCUT2D eigenvalue weighted by molar-refractivity contribution is 5.27. The third-order valence-electron chi connectivity index (χ3n) is 3.79. The summed E-state index contributed by atoms with van der Waals surface area (Å²) in [6.07, 6.45) is 2.18. The number of rotatable bonds is 9. The minimum absolute atomic E-state index is 0.0628. The van der Waals surface area contributed by atoms with E-state index < -0.39 is 0 Å². The minimum atomic E-state index is -0.0628. The van der Waals surface area contributed by atoms with Gasteiger partial charge in [-0.05, 0) is 44.4 Å². The van der Waals surface area contributed by atoms with E-state index in [4.69, 9.17) is 15.2 Å². The van der Waals surface area contributed by atoms with E-state index in [0.717, 1.165) is 25.1 Å². The maximum absolute atomic E-state index is 5.92. The molecule has 1 aromatic rings. The Morgan fingerprint density at radius 3 is 2.40 bits per heavy atom. The molecule has 0 fully saturated rings.